The van der Waals surface area contributed by atoms with E-state index < -0.39 is 0 Å². The SMILES string of the molecule is O=C(NCc1ccccc1)c1ccccc1NC(=O)C1CCCN(Cc2cccc3ccccc23)C1. The molecule has 1 aliphatic rings. The standard InChI is InChI=1S/C31H31N3O2/c35-30(33-29-18-7-6-17-28(29)31(36)32-20-23-10-2-1-3-11-23)26-15-9-19-34(22-26)21-25-14-8-13-24-12-4-5-16-27(24)25/h1-8,10-14,16-18,26H,9,15,19-22H2,(H,32,36)(H,33,35). The molecule has 36 heavy (non-hydrogen) atoms. The van der Waals surface area contributed by atoms with E-state index in [4.69, 9.17) is 0 Å². The van der Waals surface area contributed by atoms with Gasteiger partial charge in [-0.15, -0.1) is 0 Å². The van der Waals surface area contributed by atoms with Gasteiger partial charge in [0.2, 0.25) is 5.91 Å². The maximum atomic E-state index is 13.3. The smallest absolute Gasteiger partial charge is 0.253 e. The Bertz CT molecular complexity index is 1350. The van der Waals surface area contributed by atoms with Gasteiger partial charge in [0, 0.05) is 19.6 Å². The topological polar surface area (TPSA) is 61.4 Å². The average Bonchev–Trinajstić information content (AvgIpc) is 2.93. The Hall–Kier alpha value is -3.96. The Morgan fingerprint density at radius 1 is 0.833 bits per heavy atom. The molecule has 2 amide bonds. The van der Waals surface area contributed by atoms with Crippen molar-refractivity contribution in [2.24, 2.45) is 5.92 Å². The van der Waals surface area contributed by atoms with Gasteiger partial charge in [0.15, 0.2) is 0 Å². The minimum atomic E-state index is -0.198. The fourth-order valence-corrected chi connectivity index (χ4v) is 4.98. The van der Waals surface area contributed by atoms with Crippen molar-refractivity contribution < 1.29 is 9.59 Å². The molecule has 0 radical (unpaired) electrons. The number of anilines is 1. The van der Waals surface area contributed by atoms with Gasteiger partial charge in [-0.25, -0.2) is 0 Å². The van der Waals surface area contributed by atoms with E-state index in [1.54, 1.807) is 12.1 Å². The second-order valence-corrected chi connectivity index (χ2v) is 9.42. The summed E-state index contributed by atoms with van der Waals surface area (Å²) < 4.78 is 0. The predicted molar refractivity (Wildman–Crippen MR) is 145 cm³/mol. The number of hydrogen-bond donors (Lipinski definition) is 2. The molecule has 0 aliphatic carbocycles. The number of nitrogens with one attached hydrogen (secondary N) is 2. The number of piperidine rings is 1. The first kappa shape index (κ1) is 23.8. The van der Waals surface area contributed by atoms with Gasteiger partial charge in [-0.3, -0.25) is 14.5 Å². The summed E-state index contributed by atoms with van der Waals surface area (Å²) in [6.45, 7) is 2.94. The third-order valence-electron chi connectivity index (χ3n) is 6.88. The van der Waals surface area contributed by atoms with Crippen LogP contribution in [0, 0.1) is 5.92 Å². The van der Waals surface area contributed by atoms with E-state index in [-0.39, 0.29) is 17.7 Å². The van der Waals surface area contributed by atoms with Crippen molar-refractivity contribution in [3.05, 3.63) is 114 Å². The van der Waals surface area contributed by atoms with Crippen LogP contribution in [0.25, 0.3) is 10.8 Å². The summed E-state index contributed by atoms with van der Waals surface area (Å²) in [6, 6.07) is 31.9. The Balaban J connectivity index is 1.23. The third kappa shape index (κ3) is 5.64. The number of carbonyl (C=O) groups is 2. The number of amides is 2. The van der Waals surface area contributed by atoms with Crippen LogP contribution in [0.15, 0.2) is 97.1 Å². The molecule has 5 rings (SSSR count). The summed E-state index contributed by atoms with van der Waals surface area (Å²) in [4.78, 5) is 28.5. The molecule has 4 aromatic rings. The van der Waals surface area contributed by atoms with Crippen LogP contribution in [0.5, 0.6) is 0 Å². The maximum absolute atomic E-state index is 13.3. The van der Waals surface area contributed by atoms with E-state index in [0.717, 1.165) is 31.5 Å². The average molecular weight is 478 g/mol. The van der Waals surface area contributed by atoms with Crippen LogP contribution in [0.2, 0.25) is 0 Å². The van der Waals surface area contributed by atoms with Gasteiger partial charge >= 0.3 is 0 Å². The minimum absolute atomic E-state index is 0.0269. The number of nitrogens with zero attached hydrogens (tertiary/aromatic N) is 1. The molecule has 1 unspecified atom stereocenters. The fraction of sp³-hybridized carbons (Fsp3) is 0.226. The first-order valence-corrected chi connectivity index (χ1v) is 12.6. The number of para-hydroxylation sites is 1. The van der Waals surface area contributed by atoms with E-state index in [1.165, 1.54) is 16.3 Å². The summed E-state index contributed by atoms with van der Waals surface area (Å²) in [6.07, 6.45) is 1.82. The number of fused-ring (bicyclic) bond motifs is 1. The van der Waals surface area contributed by atoms with E-state index in [2.05, 4.69) is 58.0 Å². The van der Waals surface area contributed by atoms with E-state index >= 15 is 0 Å². The molecule has 2 N–H and O–H groups in total. The Labute approximate surface area is 212 Å². The Kier molecular flexibility index (Phi) is 7.39. The van der Waals surface area contributed by atoms with Gasteiger partial charge < -0.3 is 10.6 Å². The zero-order chi connectivity index (χ0) is 24.7. The minimum Gasteiger partial charge on any atom is -0.348 e. The van der Waals surface area contributed by atoms with Gasteiger partial charge in [-0.05, 0) is 53.4 Å². The number of hydrogen-bond acceptors (Lipinski definition) is 3. The molecule has 1 atom stereocenters. The normalized spacial score (nSPS) is 15.9. The molecule has 0 bridgehead atoms. The van der Waals surface area contributed by atoms with Crippen molar-refractivity contribution in [1.82, 2.24) is 10.2 Å². The molecular weight excluding hydrogens is 446 g/mol. The quantitative estimate of drug-likeness (QED) is 0.363. The maximum Gasteiger partial charge on any atom is 0.253 e. The molecule has 0 aromatic heterocycles. The molecule has 0 spiro atoms. The van der Waals surface area contributed by atoms with E-state index in [9.17, 15) is 9.59 Å². The van der Waals surface area contributed by atoms with Gasteiger partial charge in [-0.1, -0.05) is 84.9 Å². The van der Waals surface area contributed by atoms with Crippen LogP contribution in [-0.4, -0.2) is 29.8 Å². The molecule has 182 valence electrons. The Morgan fingerprint density at radius 2 is 1.58 bits per heavy atom. The van der Waals surface area contributed by atoms with Crippen LogP contribution in [0.4, 0.5) is 5.69 Å². The van der Waals surface area contributed by atoms with Crippen molar-refractivity contribution in [3.63, 3.8) is 0 Å². The molecule has 1 saturated heterocycles. The van der Waals surface area contributed by atoms with Crippen molar-refractivity contribution in [2.75, 3.05) is 18.4 Å². The van der Waals surface area contributed by atoms with E-state index in [1.807, 2.05) is 42.5 Å². The summed E-state index contributed by atoms with van der Waals surface area (Å²) in [5.41, 5.74) is 3.35. The molecule has 1 fully saturated rings. The first-order chi connectivity index (χ1) is 17.7. The monoisotopic (exact) mass is 477 g/mol. The third-order valence-corrected chi connectivity index (χ3v) is 6.88. The highest BCUT2D eigenvalue weighted by atomic mass is 16.2. The van der Waals surface area contributed by atoms with Crippen molar-refractivity contribution in [3.8, 4) is 0 Å². The lowest BCUT2D eigenvalue weighted by Gasteiger charge is -2.32. The number of likely N-dealkylation sites (tertiary alicyclic amines) is 1. The molecule has 1 heterocycles. The molecule has 5 heteroatoms. The molecular formula is C31H31N3O2. The van der Waals surface area contributed by atoms with Crippen LogP contribution >= 0.6 is 0 Å². The van der Waals surface area contributed by atoms with Crippen molar-refractivity contribution in [2.45, 2.75) is 25.9 Å². The van der Waals surface area contributed by atoms with E-state index in [0.29, 0.717) is 24.3 Å². The van der Waals surface area contributed by atoms with Gasteiger partial charge in [0.05, 0.1) is 17.2 Å². The molecule has 0 saturated carbocycles. The molecule has 5 nitrogen and oxygen atoms in total. The Morgan fingerprint density at radius 3 is 2.47 bits per heavy atom. The molecule has 4 aromatic carbocycles. The van der Waals surface area contributed by atoms with Crippen LogP contribution in [0.1, 0.15) is 34.3 Å². The first-order valence-electron chi connectivity index (χ1n) is 12.6. The van der Waals surface area contributed by atoms with Crippen molar-refractivity contribution in [1.29, 1.82) is 0 Å². The van der Waals surface area contributed by atoms with Crippen LogP contribution in [0.3, 0.4) is 0 Å². The largest absolute Gasteiger partial charge is 0.348 e. The lowest BCUT2D eigenvalue weighted by Crippen LogP contribution is -2.40. The lowest BCUT2D eigenvalue weighted by molar-refractivity contribution is -0.121. The highest BCUT2D eigenvalue weighted by molar-refractivity contribution is 6.04. The highest BCUT2D eigenvalue weighted by Crippen LogP contribution is 2.25. The van der Waals surface area contributed by atoms with Gasteiger partial charge in [0.25, 0.3) is 5.91 Å². The zero-order valence-corrected chi connectivity index (χ0v) is 20.3. The summed E-state index contributed by atoms with van der Waals surface area (Å²) in [7, 11) is 0. The summed E-state index contributed by atoms with van der Waals surface area (Å²) >= 11 is 0. The van der Waals surface area contributed by atoms with Gasteiger partial charge in [-0.2, -0.15) is 0 Å². The second-order valence-electron chi connectivity index (χ2n) is 9.42. The van der Waals surface area contributed by atoms with Crippen LogP contribution in [-0.2, 0) is 17.9 Å². The number of rotatable bonds is 7. The fourth-order valence-electron chi connectivity index (χ4n) is 4.98. The van der Waals surface area contributed by atoms with Crippen molar-refractivity contribution >= 4 is 28.3 Å². The molecule has 1 aliphatic heterocycles. The summed E-state index contributed by atoms with van der Waals surface area (Å²) in [5, 5.41) is 8.51. The van der Waals surface area contributed by atoms with Gasteiger partial charge in [0.1, 0.15) is 0 Å². The second kappa shape index (κ2) is 11.2. The highest BCUT2D eigenvalue weighted by Gasteiger charge is 2.27. The number of benzene rings is 4. The predicted octanol–water partition coefficient (Wildman–Crippen LogP) is 5.62. The zero-order valence-electron chi connectivity index (χ0n) is 20.3. The number of carbonyl (C=O) groups excluding carboxylic acids is 2. The summed E-state index contributed by atoms with van der Waals surface area (Å²) in [5.74, 6) is -0.342. The lowest BCUT2D eigenvalue weighted by atomic mass is 9.95. The van der Waals surface area contributed by atoms with Crippen LogP contribution < -0.4 is 10.6 Å².